The molecule has 0 saturated heterocycles. The Kier molecular flexibility index (Phi) is 7.05. The summed E-state index contributed by atoms with van der Waals surface area (Å²) in [5.41, 5.74) is 0. The van der Waals surface area contributed by atoms with Gasteiger partial charge < -0.3 is 10.6 Å². The number of rotatable bonds is 7. The van der Waals surface area contributed by atoms with Gasteiger partial charge in [0.1, 0.15) is 0 Å². The topological polar surface area (TPSA) is 41.1 Å². The smallest absolute Gasteiger partial charge is 0.237 e. The summed E-state index contributed by atoms with van der Waals surface area (Å²) >= 11 is 0. The van der Waals surface area contributed by atoms with E-state index in [1.54, 1.807) is 6.08 Å². The normalized spacial score (nSPS) is 14.7. The molecule has 0 aromatic rings. The molecule has 0 spiro atoms. The van der Waals surface area contributed by atoms with E-state index < -0.39 is 0 Å². The van der Waals surface area contributed by atoms with E-state index in [9.17, 15) is 4.79 Å². The fraction of sp³-hybridized carbons (Fsp3) is 0.750. The highest BCUT2D eigenvalue weighted by atomic mass is 16.2. The van der Waals surface area contributed by atoms with Crippen molar-refractivity contribution in [2.24, 2.45) is 11.8 Å². The lowest BCUT2D eigenvalue weighted by atomic mass is 9.98. The summed E-state index contributed by atoms with van der Waals surface area (Å²) in [4.78, 5) is 11.5. The third-order valence-electron chi connectivity index (χ3n) is 2.70. The number of carbonyl (C=O) groups excluding carboxylic acids is 1. The summed E-state index contributed by atoms with van der Waals surface area (Å²) in [6.07, 6.45) is 1.68. The van der Waals surface area contributed by atoms with Crippen LogP contribution in [-0.2, 0) is 4.79 Å². The van der Waals surface area contributed by atoms with Crippen molar-refractivity contribution in [1.82, 2.24) is 10.6 Å². The van der Waals surface area contributed by atoms with Crippen LogP contribution in [0.4, 0.5) is 0 Å². The van der Waals surface area contributed by atoms with E-state index in [1.165, 1.54) is 0 Å². The third kappa shape index (κ3) is 6.28. The van der Waals surface area contributed by atoms with E-state index in [-0.39, 0.29) is 11.9 Å². The van der Waals surface area contributed by atoms with Crippen molar-refractivity contribution in [3.8, 4) is 0 Å². The molecule has 2 N–H and O–H groups in total. The van der Waals surface area contributed by atoms with Crippen LogP contribution in [0.25, 0.3) is 0 Å². The molecule has 0 aliphatic rings. The zero-order valence-corrected chi connectivity index (χ0v) is 10.3. The van der Waals surface area contributed by atoms with E-state index in [0.717, 1.165) is 6.54 Å². The first kappa shape index (κ1) is 14.2. The average molecular weight is 212 g/mol. The molecule has 3 heteroatoms. The molecule has 0 saturated carbocycles. The van der Waals surface area contributed by atoms with Crippen LogP contribution in [0.3, 0.4) is 0 Å². The highest BCUT2D eigenvalue weighted by Gasteiger charge is 2.13. The Morgan fingerprint density at radius 1 is 1.33 bits per heavy atom. The molecule has 3 nitrogen and oxygen atoms in total. The molecule has 0 radical (unpaired) electrons. The van der Waals surface area contributed by atoms with E-state index in [2.05, 4.69) is 38.0 Å². The molecule has 0 heterocycles. The standard InChI is InChI=1S/C12H24N2O/c1-6-7-13-12(15)11(5)14-8-10(4)9(2)3/h6,9-11,14H,1,7-8H2,2-5H3,(H,13,15). The Morgan fingerprint density at radius 3 is 2.40 bits per heavy atom. The van der Waals surface area contributed by atoms with Gasteiger partial charge in [-0.3, -0.25) is 4.79 Å². The van der Waals surface area contributed by atoms with Gasteiger partial charge in [0.2, 0.25) is 5.91 Å². The SMILES string of the molecule is C=CCNC(=O)C(C)NCC(C)C(C)C. The average Bonchev–Trinajstić information content (AvgIpc) is 2.21. The Labute approximate surface area is 93.3 Å². The molecule has 0 aromatic carbocycles. The van der Waals surface area contributed by atoms with E-state index in [4.69, 9.17) is 0 Å². The maximum absolute atomic E-state index is 11.5. The van der Waals surface area contributed by atoms with Gasteiger partial charge in [-0.15, -0.1) is 6.58 Å². The minimum absolute atomic E-state index is 0.0332. The first-order valence-electron chi connectivity index (χ1n) is 5.61. The highest BCUT2D eigenvalue weighted by molar-refractivity contribution is 5.81. The summed E-state index contributed by atoms with van der Waals surface area (Å²) in [7, 11) is 0. The van der Waals surface area contributed by atoms with Gasteiger partial charge in [0.05, 0.1) is 6.04 Å². The lowest BCUT2D eigenvalue weighted by Crippen LogP contribution is -2.44. The van der Waals surface area contributed by atoms with E-state index >= 15 is 0 Å². The molecule has 88 valence electrons. The van der Waals surface area contributed by atoms with Crippen molar-refractivity contribution in [1.29, 1.82) is 0 Å². The van der Waals surface area contributed by atoms with Gasteiger partial charge >= 0.3 is 0 Å². The quantitative estimate of drug-likeness (QED) is 0.629. The first-order chi connectivity index (χ1) is 6.99. The van der Waals surface area contributed by atoms with Crippen molar-refractivity contribution < 1.29 is 4.79 Å². The van der Waals surface area contributed by atoms with Gasteiger partial charge in [0, 0.05) is 6.54 Å². The molecule has 0 rings (SSSR count). The molecule has 0 aliphatic heterocycles. The predicted molar refractivity (Wildman–Crippen MR) is 64.7 cm³/mol. The molecule has 15 heavy (non-hydrogen) atoms. The third-order valence-corrected chi connectivity index (χ3v) is 2.70. The number of nitrogens with one attached hydrogen (secondary N) is 2. The largest absolute Gasteiger partial charge is 0.351 e. The zero-order chi connectivity index (χ0) is 11.8. The van der Waals surface area contributed by atoms with Crippen LogP contribution in [0.2, 0.25) is 0 Å². The van der Waals surface area contributed by atoms with Crippen molar-refractivity contribution in [3.63, 3.8) is 0 Å². The van der Waals surface area contributed by atoms with E-state index in [0.29, 0.717) is 18.4 Å². The molecule has 2 atom stereocenters. The Bertz CT molecular complexity index is 202. The van der Waals surface area contributed by atoms with Gasteiger partial charge in [-0.1, -0.05) is 26.8 Å². The minimum Gasteiger partial charge on any atom is -0.351 e. The van der Waals surface area contributed by atoms with E-state index in [1.807, 2.05) is 6.92 Å². The first-order valence-corrected chi connectivity index (χ1v) is 5.61. The zero-order valence-electron chi connectivity index (χ0n) is 10.3. The fourth-order valence-electron chi connectivity index (χ4n) is 1.02. The van der Waals surface area contributed by atoms with Gasteiger partial charge in [-0.25, -0.2) is 0 Å². The molecular weight excluding hydrogens is 188 g/mol. The molecule has 0 bridgehead atoms. The van der Waals surface area contributed by atoms with Gasteiger partial charge in [-0.05, 0) is 25.3 Å². The van der Waals surface area contributed by atoms with Crippen LogP contribution in [0.1, 0.15) is 27.7 Å². The maximum Gasteiger partial charge on any atom is 0.237 e. The van der Waals surface area contributed by atoms with Crippen LogP contribution in [0, 0.1) is 11.8 Å². The van der Waals surface area contributed by atoms with Crippen LogP contribution in [-0.4, -0.2) is 25.0 Å². The monoisotopic (exact) mass is 212 g/mol. The molecular formula is C12H24N2O. The molecule has 0 fully saturated rings. The van der Waals surface area contributed by atoms with Crippen LogP contribution in [0.15, 0.2) is 12.7 Å². The van der Waals surface area contributed by atoms with Gasteiger partial charge in [0.15, 0.2) is 0 Å². The summed E-state index contributed by atoms with van der Waals surface area (Å²) in [6, 6.07) is -0.133. The molecule has 1 amide bonds. The molecule has 0 aliphatic carbocycles. The second-order valence-electron chi connectivity index (χ2n) is 4.39. The second-order valence-corrected chi connectivity index (χ2v) is 4.39. The number of hydrogen-bond donors (Lipinski definition) is 2. The Morgan fingerprint density at radius 2 is 1.93 bits per heavy atom. The van der Waals surface area contributed by atoms with Crippen LogP contribution in [0.5, 0.6) is 0 Å². The lowest BCUT2D eigenvalue weighted by molar-refractivity contribution is -0.122. The van der Waals surface area contributed by atoms with Crippen molar-refractivity contribution in [2.45, 2.75) is 33.7 Å². The minimum atomic E-state index is -0.133. The number of amides is 1. The van der Waals surface area contributed by atoms with Crippen LogP contribution < -0.4 is 10.6 Å². The van der Waals surface area contributed by atoms with Crippen LogP contribution >= 0.6 is 0 Å². The summed E-state index contributed by atoms with van der Waals surface area (Å²) in [5.74, 6) is 1.26. The Balaban J connectivity index is 3.77. The summed E-state index contributed by atoms with van der Waals surface area (Å²) in [5, 5.41) is 5.99. The van der Waals surface area contributed by atoms with Crippen molar-refractivity contribution in [2.75, 3.05) is 13.1 Å². The maximum atomic E-state index is 11.5. The van der Waals surface area contributed by atoms with Crippen molar-refractivity contribution >= 4 is 5.91 Å². The fourth-order valence-corrected chi connectivity index (χ4v) is 1.02. The second kappa shape index (κ2) is 7.46. The number of hydrogen-bond acceptors (Lipinski definition) is 2. The Hall–Kier alpha value is -0.830. The van der Waals surface area contributed by atoms with Gasteiger partial charge in [-0.2, -0.15) is 0 Å². The summed E-state index contributed by atoms with van der Waals surface area (Å²) in [6.45, 7) is 13.4. The molecule has 0 aromatic heterocycles. The lowest BCUT2D eigenvalue weighted by Gasteiger charge is -2.19. The predicted octanol–water partition coefficient (Wildman–Crippen LogP) is 1.56. The summed E-state index contributed by atoms with van der Waals surface area (Å²) < 4.78 is 0. The van der Waals surface area contributed by atoms with Gasteiger partial charge in [0.25, 0.3) is 0 Å². The van der Waals surface area contributed by atoms with Crippen molar-refractivity contribution in [3.05, 3.63) is 12.7 Å². The highest BCUT2D eigenvalue weighted by Crippen LogP contribution is 2.07. The number of carbonyl (C=O) groups is 1. The molecule has 2 unspecified atom stereocenters.